The summed E-state index contributed by atoms with van der Waals surface area (Å²) in [6.07, 6.45) is 7.25. The predicted octanol–water partition coefficient (Wildman–Crippen LogP) is 3.58. The Hall–Kier alpha value is -3.02. The maximum atomic E-state index is 13.1. The van der Waals surface area contributed by atoms with E-state index in [1.165, 1.54) is 0 Å². The van der Waals surface area contributed by atoms with E-state index >= 15 is 0 Å². The number of aromatic nitrogens is 4. The van der Waals surface area contributed by atoms with Gasteiger partial charge in [0.05, 0.1) is 5.69 Å². The van der Waals surface area contributed by atoms with Crippen LogP contribution in [0, 0.1) is 11.8 Å². The third-order valence-corrected chi connectivity index (χ3v) is 5.90. The van der Waals surface area contributed by atoms with Crippen LogP contribution in [-0.2, 0) is 11.2 Å². The number of aromatic amines is 1. The van der Waals surface area contributed by atoms with Gasteiger partial charge in [0, 0.05) is 47.9 Å². The topological polar surface area (TPSA) is 74.8 Å². The minimum atomic E-state index is 0.0318. The third-order valence-electron chi connectivity index (χ3n) is 5.90. The molecule has 4 heterocycles. The molecule has 1 saturated carbocycles. The molecule has 142 valence electrons. The minimum Gasteiger partial charge on any atom is -0.293 e. The van der Waals surface area contributed by atoms with Crippen LogP contribution in [0.15, 0.2) is 48.9 Å². The number of piperidine rings is 1. The fourth-order valence-corrected chi connectivity index (χ4v) is 4.25. The highest BCUT2D eigenvalue weighted by atomic mass is 16.2. The number of H-pyrrole nitrogens is 1. The van der Waals surface area contributed by atoms with Gasteiger partial charge in [0.1, 0.15) is 5.82 Å². The third kappa shape index (κ3) is 2.89. The molecule has 2 fully saturated rings. The highest BCUT2D eigenvalue weighted by molar-refractivity contribution is 5.99. The van der Waals surface area contributed by atoms with E-state index in [0.29, 0.717) is 17.9 Å². The molecule has 0 unspecified atom stereocenters. The van der Waals surface area contributed by atoms with Gasteiger partial charge in [-0.1, -0.05) is 19.9 Å². The van der Waals surface area contributed by atoms with Crippen LogP contribution in [0.5, 0.6) is 0 Å². The standard InChI is InChI=1S/C22H23N5O/c1-13(2)18-4-3-14(12-24-18)9-17-16-10-20(16)27(22(17)28)21-11-19(25-26-21)15-5-7-23-8-6-15/h3-8,11-13,16-17,20H,9-10H2,1-2H3,(H,25,26)/t16-,17+,20-/m0/s1. The van der Waals surface area contributed by atoms with E-state index < -0.39 is 0 Å². The van der Waals surface area contributed by atoms with Crippen molar-refractivity contribution in [3.05, 3.63) is 60.2 Å². The number of pyridine rings is 2. The first-order valence-corrected chi connectivity index (χ1v) is 9.85. The van der Waals surface area contributed by atoms with Crippen molar-refractivity contribution in [2.45, 2.75) is 38.6 Å². The molecular formula is C22H23N5O. The highest BCUT2D eigenvalue weighted by Crippen LogP contribution is 2.51. The van der Waals surface area contributed by atoms with Crippen LogP contribution in [0.25, 0.3) is 11.3 Å². The zero-order valence-corrected chi connectivity index (χ0v) is 16.0. The zero-order valence-electron chi connectivity index (χ0n) is 16.0. The summed E-state index contributed by atoms with van der Waals surface area (Å²) in [5.74, 6) is 1.87. The van der Waals surface area contributed by atoms with Gasteiger partial charge in [-0.05, 0) is 48.4 Å². The van der Waals surface area contributed by atoms with Gasteiger partial charge in [-0.15, -0.1) is 0 Å². The molecule has 1 aliphatic carbocycles. The molecule has 0 radical (unpaired) electrons. The molecule has 1 aliphatic heterocycles. The normalized spacial score (nSPS) is 23.3. The molecule has 3 aromatic rings. The summed E-state index contributed by atoms with van der Waals surface area (Å²) in [6, 6.07) is 10.3. The lowest BCUT2D eigenvalue weighted by atomic mass is 9.96. The number of amides is 1. The van der Waals surface area contributed by atoms with Gasteiger partial charge in [-0.25, -0.2) is 0 Å². The molecule has 6 heteroatoms. The van der Waals surface area contributed by atoms with Gasteiger partial charge >= 0.3 is 0 Å². The lowest BCUT2D eigenvalue weighted by Crippen LogP contribution is -2.32. The fourth-order valence-electron chi connectivity index (χ4n) is 4.25. The van der Waals surface area contributed by atoms with Gasteiger partial charge in [0.15, 0.2) is 0 Å². The van der Waals surface area contributed by atoms with Gasteiger partial charge < -0.3 is 0 Å². The summed E-state index contributed by atoms with van der Waals surface area (Å²) in [5.41, 5.74) is 4.05. The summed E-state index contributed by atoms with van der Waals surface area (Å²) in [4.78, 5) is 23.6. The van der Waals surface area contributed by atoms with Crippen molar-refractivity contribution in [3.63, 3.8) is 0 Å². The first-order valence-electron chi connectivity index (χ1n) is 9.85. The minimum absolute atomic E-state index is 0.0318. The van der Waals surface area contributed by atoms with Crippen LogP contribution >= 0.6 is 0 Å². The van der Waals surface area contributed by atoms with Crippen molar-refractivity contribution in [1.82, 2.24) is 20.2 Å². The Balaban J connectivity index is 1.34. The molecule has 0 aromatic carbocycles. The van der Waals surface area contributed by atoms with Gasteiger partial charge in [0.2, 0.25) is 5.91 Å². The fraction of sp³-hybridized carbons (Fsp3) is 0.364. The average molecular weight is 373 g/mol. The maximum Gasteiger partial charge on any atom is 0.232 e. The first kappa shape index (κ1) is 17.1. The molecule has 0 spiro atoms. The predicted molar refractivity (Wildman–Crippen MR) is 107 cm³/mol. The Labute approximate surface area is 164 Å². The van der Waals surface area contributed by atoms with Crippen molar-refractivity contribution < 1.29 is 4.79 Å². The number of rotatable bonds is 5. The molecular weight excluding hydrogens is 350 g/mol. The van der Waals surface area contributed by atoms with Crippen LogP contribution in [0.4, 0.5) is 5.82 Å². The second-order valence-corrected chi connectivity index (χ2v) is 8.11. The molecule has 2 aliphatic rings. The number of nitrogens with one attached hydrogen (secondary N) is 1. The number of nitrogens with zero attached hydrogens (tertiary/aromatic N) is 4. The number of carbonyl (C=O) groups excluding carboxylic acids is 1. The highest BCUT2D eigenvalue weighted by Gasteiger charge is 2.58. The summed E-state index contributed by atoms with van der Waals surface area (Å²) in [5, 5.41) is 7.46. The second-order valence-electron chi connectivity index (χ2n) is 8.11. The number of anilines is 1. The van der Waals surface area contributed by atoms with Crippen LogP contribution in [-0.4, -0.2) is 32.1 Å². The molecule has 6 nitrogen and oxygen atoms in total. The number of hydrogen-bond acceptors (Lipinski definition) is 4. The average Bonchev–Trinajstić information content (AvgIpc) is 3.23. The molecule has 3 aromatic heterocycles. The van der Waals surface area contributed by atoms with Gasteiger partial charge in [-0.2, -0.15) is 5.10 Å². The van der Waals surface area contributed by atoms with Crippen molar-refractivity contribution in [2.24, 2.45) is 11.8 Å². The quantitative estimate of drug-likeness (QED) is 0.742. The Bertz CT molecular complexity index is 995. The SMILES string of the molecule is CC(C)c1ccc(C[C@H]2C(=O)N(c3cc(-c4ccncc4)n[nH]3)[C@H]3C[C@@H]23)cn1. The molecule has 5 rings (SSSR count). The second kappa shape index (κ2) is 6.55. The Morgan fingerprint density at radius 3 is 2.75 bits per heavy atom. The van der Waals surface area contributed by atoms with Crippen molar-refractivity contribution in [2.75, 3.05) is 4.90 Å². The van der Waals surface area contributed by atoms with Gasteiger partial charge in [-0.3, -0.25) is 24.8 Å². The molecule has 1 saturated heterocycles. The zero-order chi connectivity index (χ0) is 19.3. The van der Waals surface area contributed by atoms with E-state index in [0.717, 1.165) is 41.2 Å². The van der Waals surface area contributed by atoms with E-state index in [4.69, 9.17) is 0 Å². The van der Waals surface area contributed by atoms with Crippen molar-refractivity contribution in [1.29, 1.82) is 0 Å². The van der Waals surface area contributed by atoms with Crippen molar-refractivity contribution >= 4 is 11.7 Å². The Morgan fingerprint density at radius 1 is 1.21 bits per heavy atom. The largest absolute Gasteiger partial charge is 0.293 e. The molecule has 28 heavy (non-hydrogen) atoms. The smallest absolute Gasteiger partial charge is 0.232 e. The van der Waals surface area contributed by atoms with Crippen LogP contribution in [0.1, 0.15) is 37.4 Å². The monoisotopic (exact) mass is 373 g/mol. The summed E-state index contributed by atoms with van der Waals surface area (Å²) >= 11 is 0. The van der Waals surface area contributed by atoms with Crippen LogP contribution < -0.4 is 4.90 Å². The van der Waals surface area contributed by atoms with E-state index in [2.05, 4.69) is 46.1 Å². The summed E-state index contributed by atoms with van der Waals surface area (Å²) in [6.45, 7) is 4.28. The van der Waals surface area contributed by atoms with E-state index in [1.807, 2.05) is 29.3 Å². The van der Waals surface area contributed by atoms with Crippen LogP contribution in [0.2, 0.25) is 0 Å². The summed E-state index contributed by atoms with van der Waals surface area (Å²) < 4.78 is 0. The lowest BCUT2D eigenvalue weighted by Gasteiger charge is -2.19. The lowest BCUT2D eigenvalue weighted by molar-refractivity contribution is -0.121. The molecule has 1 amide bonds. The number of carbonyl (C=O) groups is 1. The van der Waals surface area contributed by atoms with E-state index in [-0.39, 0.29) is 11.8 Å². The number of hydrogen-bond donors (Lipinski definition) is 1. The summed E-state index contributed by atoms with van der Waals surface area (Å²) in [7, 11) is 0. The number of fused-ring (bicyclic) bond motifs is 1. The van der Waals surface area contributed by atoms with Crippen LogP contribution in [0.3, 0.4) is 0 Å². The van der Waals surface area contributed by atoms with Gasteiger partial charge in [0.25, 0.3) is 0 Å². The molecule has 3 atom stereocenters. The van der Waals surface area contributed by atoms with E-state index in [1.54, 1.807) is 12.4 Å². The Kier molecular flexibility index (Phi) is 4.00. The Morgan fingerprint density at radius 2 is 2.04 bits per heavy atom. The first-order chi connectivity index (χ1) is 13.6. The van der Waals surface area contributed by atoms with Crippen molar-refractivity contribution in [3.8, 4) is 11.3 Å². The molecule has 1 N–H and O–H groups in total. The molecule has 0 bridgehead atoms. The van der Waals surface area contributed by atoms with E-state index in [9.17, 15) is 4.79 Å². The maximum absolute atomic E-state index is 13.1.